The fourth-order valence-electron chi connectivity index (χ4n) is 3.55. The van der Waals surface area contributed by atoms with Crippen LogP contribution in [-0.4, -0.2) is 20.3 Å². The number of carbonyl (C=O) groups is 1. The van der Waals surface area contributed by atoms with E-state index in [9.17, 15) is 4.79 Å². The summed E-state index contributed by atoms with van der Waals surface area (Å²) >= 11 is 0. The van der Waals surface area contributed by atoms with Gasteiger partial charge >= 0.3 is 0 Å². The third kappa shape index (κ3) is 3.52. The average Bonchev–Trinajstić information content (AvgIpc) is 2.34. The zero-order chi connectivity index (χ0) is 14.0. The van der Waals surface area contributed by atoms with Gasteiger partial charge in [0.2, 0.25) is 5.91 Å². The van der Waals surface area contributed by atoms with Gasteiger partial charge in [-0.15, -0.1) is 0 Å². The summed E-state index contributed by atoms with van der Waals surface area (Å²) in [6.07, 6.45) is 4.46. The molecule has 2 unspecified atom stereocenters. The molecule has 1 N–H and O–H groups in total. The predicted octanol–water partition coefficient (Wildman–Crippen LogP) is 3.32. The molecule has 1 aliphatic rings. The summed E-state index contributed by atoms with van der Waals surface area (Å²) in [5, 5.41) is 3.02. The van der Waals surface area contributed by atoms with Gasteiger partial charge in [0.05, 0.1) is 7.85 Å². The lowest BCUT2D eigenvalue weighted by molar-refractivity contribution is -0.120. The highest BCUT2D eigenvalue weighted by molar-refractivity contribution is 6.23. The van der Waals surface area contributed by atoms with E-state index in [-0.39, 0.29) is 22.6 Å². The van der Waals surface area contributed by atoms with Gasteiger partial charge < -0.3 is 5.32 Å². The first kappa shape index (κ1) is 15.6. The first-order chi connectivity index (χ1) is 8.20. The second-order valence-electron chi connectivity index (χ2n) is 7.19. The van der Waals surface area contributed by atoms with E-state index >= 15 is 0 Å². The summed E-state index contributed by atoms with van der Waals surface area (Å²) in [5.41, 5.74) is 0.354. The van der Waals surface area contributed by atoms with Gasteiger partial charge in [0.15, 0.2) is 0 Å². The highest BCUT2D eigenvalue weighted by Gasteiger charge is 2.43. The lowest BCUT2D eigenvalue weighted by Crippen LogP contribution is -2.41. The van der Waals surface area contributed by atoms with Crippen LogP contribution in [0.15, 0.2) is 0 Å². The van der Waals surface area contributed by atoms with Crippen LogP contribution in [0.4, 0.5) is 0 Å². The molecule has 1 rings (SSSR count). The van der Waals surface area contributed by atoms with Gasteiger partial charge in [0.1, 0.15) is 0 Å². The molecule has 2 atom stereocenters. The fraction of sp³-hybridized carbons (Fsp3) is 0.933. The summed E-state index contributed by atoms with van der Waals surface area (Å²) in [7, 11) is 5.95. The number of hydrogen-bond acceptors (Lipinski definition) is 1. The van der Waals surface area contributed by atoms with Crippen LogP contribution >= 0.6 is 0 Å². The van der Waals surface area contributed by atoms with Crippen molar-refractivity contribution in [2.45, 2.75) is 66.1 Å². The Morgan fingerprint density at radius 3 is 2.61 bits per heavy atom. The maximum absolute atomic E-state index is 11.8. The van der Waals surface area contributed by atoms with Crippen LogP contribution in [0.1, 0.15) is 60.3 Å². The Bertz CT molecular complexity index is 299. The molecule has 0 aromatic rings. The second-order valence-corrected chi connectivity index (χ2v) is 7.19. The van der Waals surface area contributed by atoms with Gasteiger partial charge in [-0.3, -0.25) is 4.79 Å². The van der Waals surface area contributed by atoms with E-state index in [1.807, 2.05) is 0 Å². The quantitative estimate of drug-likeness (QED) is 0.761. The molecule has 0 spiro atoms. The average molecular weight is 249 g/mol. The Balaban J connectivity index is 2.88. The molecule has 102 valence electrons. The van der Waals surface area contributed by atoms with Crippen LogP contribution in [0.3, 0.4) is 0 Å². The van der Waals surface area contributed by atoms with Crippen LogP contribution in [0.5, 0.6) is 0 Å². The molecule has 1 fully saturated rings. The first-order valence-electron chi connectivity index (χ1n) is 7.24. The molecule has 1 aliphatic heterocycles. The number of nitrogens with one attached hydrogen (secondary N) is 1. The summed E-state index contributed by atoms with van der Waals surface area (Å²) in [4.78, 5) is 11.8. The van der Waals surface area contributed by atoms with Crippen molar-refractivity contribution < 1.29 is 4.79 Å². The predicted molar refractivity (Wildman–Crippen MR) is 77.7 cm³/mol. The minimum absolute atomic E-state index is 0.0110. The van der Waals surface area contributed by atoms with Crippen molar-refractivity contribution in [3.05, 3.63) is 0 Å². The maximum atomic E-state index is 11.8. The van der Waals surface area contributed by atoms with Crippen molar-refractivity contribution in [1.29, 1.82) is 0 Å². The van der Waals surface area contributed by atoms with Crippen molar-refractivity contribution in [3.63, 3.8) is 0 Å². The largest absolute Gasteiger partial charge is 0.356 e. The second kappa shape index (κ2) is 5.67. The molecule has 18 heavy (non-hydrogen) atoms. The van der Waals surface area contributed by atoms with Crippen molar-refractivity contribution >= 4 is 13.8 Å². The van der Waals surface area contributed by atoms with E-state index in [0.717, 1.165) is 13.0 Å². The molecule has 1 amide bonds. The zero-order valence-electron chi connectivity index (χ0n) is 12.7. The number of rotatable bonds is 4. The lowest BCUT2D eigenvalue weighted by Gasteiger charge is -2.44. The summed E-state index contributed by atoms with van der Waals surface area (Å²) in [5.74, 6) is 0.137. The monoisotopic (exact) mass is 249 g/mol. The molecule has 0 aromatic carbocycles. The van der Waals surface area contributed by atoms with Gasteiger partial charge in [-0.25, -0.2) is 0 Å². The van der Waals surface area contributed by atoms with Crippen LogP contribution in [0, 0.1) is 16.7 Å². The van der Waals surface area contributed by atoms with E-state index < -0.39 is 0 Å². The fourth-order valence-corrected chi connectivity index (χ4v) is 3.55. The van der Waals surface area contributed by atoms with Crippen LogP contribution < -0.4 is 5.32 Å². The number of carbonyl (C=O) groups excluding carboxylic acids is 1. The van der Waals surface area contributed by atoms with E-state index in [4.69, 9.17) is 7.85 Å². The van der Waals surface area contributed by atoms with Gasteiger partial charge in [-0.1, -0.05) is 47.5 Å². The van der Waals surface area contributed by atoms with Crippen LogP contribution in [0.2, 0.25) is 5.82 Å². The molecule has 2 radical (unpaired) electrons. The standard InChI is InChI=1S/C15H28BNO/c1-6-7-8-14(2,3)12-10-17-13(18)11(16)9-15(12,4)5/h11-12H,6-10H2,1-5H3,(H,17,18). The molecular formula is C15H28BNO. The molecule has 3 heteroatoms. The van der Waals surface area contributed by atoms with E-state index in [2.05, 4.69) is 39.9 Å². The molecule has 1 saturated heterocycles. The third-order valence-electron chi connectivity index (χ3n) is 4.62. The minimum Gasteiger partial charge on any atom is -0.356 e. The molecule has 0 aromatic heterocycles. The lowest BCUT2D eigenvalue weighted by atomic mass is 9.60. The number of amides is 1. The van der Waals surface area contributed by atoms with Gasteiger partial charge in [0, 0.05) is 12.4 Å². The number of hydrogen-bond donors (Lipinski definition) is 1. The van der Waals surface area contributed by atoms with Crippen molar-refractivity contribution in [2.75, 3.05) is 6.54 Å². The molecule has 0 aliphatic carbocycles. The van der Waals surface area contributed by atoms with Crippen molar-refractivity contribution in [2.24, 2.45) is 16.7 Å². The minimum atomic E-state index is -0.355. The summed E-state index contributed by atoms with van der Waals surface area (Å²) < 4.78 is 0. The summed E-state index contributed by atoms with van der Waals surface area (Å²) in [6, 6.07) is 0. The SMILES string of the molecule is [B]C1CC(C)(C)C(C(C)(C)CCCC)CNC1=O. The van der Waals surface area contributed by atoms with E-state index in [1.165, 1.54) is 19.3 Å². The van der Waals surface area contributed by atoms with Crippen LogP contribution in [0.25, 0.3) is 0 Å². The Hall–Kier alpha value is -0.465. The maximum Gasteiger partial charge on any atom is 0.214 e. The Labute approximate surface area is 114 Å². The van der Waals surface area contributed by atoms with Gasteiger partial charge in [-0.2, -0.15) is 0 Å². The Kier molecular flexibility index (Phi) is 4.91. The summed E-state index contributed by atoms with van der Waals surface area (Å²) in [6.45, 7) is 12.2. The van der Waals surface area contributed by atoms with E-state index in [0.29, 0.717) is 5.92 Å². The number of unbranched alkanes of at least 4 members (excludes halogenated alkanes) is 1. The third-order valence-corrected chi connectivity index (χ3v) is 4.62. The molecular weight excluding hydrogens is 221 g/mol. The van der Waals surface area contributed by atoms with Crippen molar-refractivity contribution in [3.8, 4) is 0 Å². The van der Waals surface area contributed by atoms with Gasteiger partial charge in [-0.05, 0) is 29.6 Å². The smallest absolute Gasteiger partial charge is 0.214 e. The molecule has 0 bridgehead atoms. The normalized spacial score (nSPS) is 28.6. The molecule has 1 heterocycles. The highest BCUT2D eigenvalue weighted by Crippen LogP contribution is 2.47. The molecule has 0 saturated carbocycles. The van der Waals surface area contributed by atoms with Crippen LogP contribution in [-0.2, 0) is 4.79 Å². The zero-order valence-corrected chi connectivity index (χ0v) is 12.7. The van der Waals surface area contributed by atoms with Gasteiger partial charge in [0.25, 0.3) is 0 Å². The van der Waals surface area contributed by atoms with E-state index in [1.54, 1.807) is 0 Å². The topological polar surface area (TPSA) is 29.1 Å². The molecule has 2 nitrogen and oxygen atoms in total. The Morgan fingerprint density at radius 2 is 2.06 bits per heavy atom. The Morgan fingerprint density at radius 1 is 1.44 bits per heavy atom. The first-order valence-corrected chi connectivity index (χ1v) is 7.24. The highest BCUT2D eigenvalue weighted by atomic mass is 16.1. The van der Waals surface area contributed by atoms with Crippen molar-refractivity contribution in [1.82, 2.24) is 5.32 Å².